The maximum atomic E-state index is 12.0. The van der Waals surface area contributed by atoms with Gasteiger partial charge in [0.1, 0.15) is 12.1 Å². The van der Waals surface area contributed by atoms with Crippen LogP contribution >= 0.6 is 0 Å². The van der Waals surface area contributed by atoms with Crippen LogP contribution in [0.15, 0.2) is 0 Å². The lowest BCUT2D eigenvalue weighted by Crippen LogP contribution is -2.61. The van der Waals surface area contributed by atoms with Gasteiger partial charge in [0.05, 0.1) is 0 Å². The van der Waals surface area contributed by atoms with Gasteiger partial charge < -0.3 is 10.6 Å². The lowest BCUT2D eigenvalue weighted by molar-refractivity contribution is -0.137. The van der Waals surface area contributed by atoms with Crippen molar-refractivity contribution in [3.8, 4) is 0 Å². The van der Waals surface area contributed by atoms with Crippen molar-refractivity contribution >= 4 is 11.8 Å². The second-order valence-corrected chi connectivity index (χ2v) is 5.82. The summed E-state index contributed by atoms with van der Waals surface area (Å²) >= 11 is 0. The first-order chi connectivity index (χ1) is 9.69. The van der Waals surface area contributed by atoms with Gasteiger partial charge in [-0.25, -0.2) is 0 Å². The van der Waals surface area contributed by atoms with E-state index < -0.39 is 0 Å². The van der Waals surface area contributed by atoms with Gasteiger partial charge in [0, 0.05) is 0 Å². The van der Waals surface area contributed by atoms with Crippen molar-refractivity contribution in [2.75, 3.05) is 0 Å². The number of carbonyl (C=O) groups excluding carboxylic acids is 2. The molecule has 1 saturated heterocycles. The van der Waals surface area contributed by atoms with Crippen LogP contribution in [0, 0.1) is 0 Å². The minimum absolute atomic E-state index is 0.00147. The van der Waals surface area contributed by atoms with E-state index in [1.165, 1.54) is 25.7 Å². The standard InChI is InChI=1S/C16H30N2O2/c1-3-5-7-9-11-13-15(19)18-14(16(20)17-13)12-10-8-6-4-2/h13-14H,3-12H2,1-2H3,(H,17,20)(H,18,19). The number of unbranched alkanes of at least 4 members (excludes halogenated alkanes) is 6. The average molecular weight is 282 g/mol. The second kappa shape index (κ2) is 9.78. The molecule has 1 rings (SSSR count). The summed E-state index contributed by atoms with van der Waals surface area (Å²) in [6, 6.07) is -0.627. The van der Waals surface area contributed by atoms with E-state index in [0.717, 1.165) is 38.5 Å². The molecule has 2 unspecified atom stereocenters. The molecule has 2 N–H and O–H groups in total. The predicted octanol–water partition coefficient (Wildman–Crippen LogP) is 2.91. The number of carbonyl (C=O) groups is 2. The maximum Gasteiger partial charge on any atom is 0.243 e. The molecule has 0 aromatic carbocycles. The van der Waals surface area contributed by atoms with Crippen molar-refractivity contribution in [1.82, 2.24) is 10.6 Å². The predicted molar refractivity (Wildman–Crippen MR) is 81.4 cm³/mol. The van der Waals surface area contributed by atoms with Crippen molar-refractivity contribution in [3.05, 3.63) is 0 Å². The minimum Gasteiger partial charge on any atom is -0.343 e. The zero-order valence-electron chi connectivity index (χ0n) is 13.0. The summed E-state index contributed by atoms with van der Waals surface area (Å²) in [6.07, 6.45) is 10.6. The number of amides is 2. The molecule has 0 bridgehead atoms. The van der Waals surface area contributed by atoms with Crippen LogP contribution in [0.4, 0.5) is 0 Å². The Balaban J connectivity index is 2.26. The van der Waals surface area contributed by atoms with Crippen molar-refractivity contribution in [2.24, 2.45) is 0 Å². The molecule has 4 heteroatoms. The largest absolute Gasteiger partial charge is 0.343 e. The van der Waals surface area contributed by atoms with Gasteiger partial charge >= 0.3 is 0 Å². The van der Waals surface area contributed by atoms with Crippen LogP contribution in [0.1, 0.15) is 78.1 Å². The summed E-state index contributed by atoms with van der Waals surface area (Å²) in [5.74, 6) is 0.00294. The average Bonchev–Trinajstić information content (AvgIpc) is 2.44. The number of hydrogen-bond acceptors (Lipinski definition) is 2. The lowest BCUT2D eigenvalue weighted by atomic mass is 10.00. The zero-order chi connectivity index (χ0) is 14.8. The van der Waals surface area contributed by atoms with E-state index >= 15 is 0 Å². The topological polar surface area (TPSA) is 58.2 Å². The monoisotopic (exact) mass is 282 g/mol. The molecule has 0 aromatic rings. The smallest absolute Gasteiger partial charge is 0.243 e. The highest BCUT2D eigenvalue weighted by Gasteiger charge is 2.32. The Morgan fingerprint density at radius 1 is 0.700 bits per heavy atom. The van der Waals surface area contributed by atoms with Crippen LogP contribution in [-0.4, -0.2) is 23.9 Å². The van der Waals surface area contributed by atoms with E-state index in [2.05, 4.69) is 24.5 Å². The van der Waals surface area contributed by atoms with Gasteiger partial charge in [-0.15, -0.1) is 0 Å². The van der Waals surface area contributed by atoms with E-state index in [1.807, 2.05) is 0 Å². The first-order valence-electron chi connectivity index (χ1n) is 8.29. The van der Waals surface area contributed by atoms with Crippen molar-refractivity contribution < 1.29 is 9.59 Å². The third-order valence-corrected chi connectivity index (χ3v) is 3.96. The van der Waals surface area contributed by atoms with Crippen LogP contribution in [0.25, 0.3) is 0 Å². The number of nitrogens with one attached hydrogen (secondary N) is 2. The fraction of sp³-hybridized carbons (Fsp3) is 0.875. The van der Waals surface area contributed by atoms with Gasteiger partial charge in [-0.3, -0.25) is 9.59 Å². The van der Waals surface area contributed by atoms with E-state index in [-0.39, 0.29) is 23.9 Å². The van der Waals surface area contributed by atoms with Crippen LogP contribution < -0.4 is 10.6 Å². The number of rotatable bonds is 10. The molecule has 1 fully saturated rings. The minimum atomic E-state index is -0.314. The van der Waals surface area contributed by atoms with E-state index in [9.17, 15) is 9.59 Å². The van der Waals surface area contributed by atoms with Crippen LogP contribution in [0.2, 0.25) is 0 Å². The molecule has 0 radical (unpaired) electrons. The molecular formula is C16H30N2O2. The third kappa shape index (κ3) is 5.93. The van der Waals surface area contributed by atoms with Crippen LogP contribution in [0.3, 0.4) is 0 Å². The van der Waals surface area contributed by atoms with Crippen LogP contribution in [-0.2, 0) is 9.59 Å². The molecule has 20 heavy (non-hydrogen) atoms. The quantitative estimate of drug-likeness (QED) is 0.605. The third-order valence-electron chi connectivity index (χ3n) is 3.96. The Hall–Kier alpha value is -1.06. The zero-order valence-corrected chi connectivity index (χ0v) is 13.0. The molecule has 0 saturated carbocycles. The first kappa shape index (κ1) is 17.0. The van der Waals surface area contributed by atoms with Gasteiger partial charge in [-0.2, -0.15) is 0 Å². The summed E-state index contributed by atoms with van der Waals surface area (Å²) in [7, 11) is 0. The van der Waals surface area contributed by atoms with Crippen LogP contribution in [0.5, 0.6) is 0 Å². The lowest BCUT2D eigenvalue weighted by Gasteiger charge is -2.29. The Morgan fingerprint density at radius 2 is 1.10 bits per heavy atom. The van der Waals surface area contributed by atoms with Crippen molar-refractivity contribution in [2.45, 2.75) is 90.1 Å². The molecular weight excluding hydrogens is 252 g/mol. The molecule has 0 spiro atoms. The molecule has 116 valence electrons. The Labute approximate surface area is 123 Å². The summed E-state index contributed by atoms with van der Waals surface area (Å²) in [6.45, 7) is 4.33. The summed E-state index contributed by atoms with van der Waals surface area (Å²) in [5, 5.41) is 5.77. The first-order valence-corrected chi connectivity index (χ1v) is 8.29. The molecule has 0 aromatic heterocycles. The Kier molecular flexibility index (Phi) is 8.31. The fourth-order valence-corrected chi connectivity index (χ4v) is 2.63. The second-order valence-electron chi connectivity index (χ2n) is 5.82. The van der Waals surface area contributed by atoms with Gasteiger partial charge in [0.2, 0.25) is 11.8 Å². The molecule has 4 nitrogen and oxygen atoms in total. The maximum absolute atomic E-state index is 12.0. The van der Waals surface area contributed by atoms with Crippen molar-refractivity contribution in [1.29, 1.82) is 0 Å². The van der Waals surface area contributed by atoms with E-state index in [4.69, 9.17) is 0 Å². The van der Waals surface area contributed by atoms with E-state index in [1.54, 1.807) is 0 Å². The highest BCUT2D eigenvalue weighted by atomic mass is 16.2. The van der Waals surface area contributed by atoms with Gasteiger partial charge in [-0.1, -0.05) is 65.2 Å². The highest BCUT2D eigenvalue weighted by Crippen LogP contribution is 2.12. The highest BCUT2D eigenvalue weighted by molar-refractivity contribution is 5.96. The fourth-order valence-electron chi connectivity index (χ4n) is 2.63. The Morgan fingerprint density at radius 3 is 1.45 bits per heavy atom. The molecule has 2 amide bonds. The summed E-state index contributed by atoms with van der Waals surface area (Å²) in [5.41, 5.74) is 0. The molecule has 1 aliphatic heterocycles. The summed E-state index contributed by atoms with van der Waals surface area (Å²) < 4.78 is 0. The molecule has 0 aliphatic carbocycles. The Bertz CT molecular complexity index is 275. The van der Waals surface area contributed by atoms with E-state index in [0.29, 0.717) is 0 Å². The van der Waals surface area contributed by atoms with Gasteiger partial charge in [0.25, 0.3) is 0 Å². The summed E-state index contributed by atoms with van der Waals surface area (Å²) in [4.78, 5) is 24.0. The number of hydrogen-bond donors (Lipinski definition) is 2. The SMILES string of the molecule is CCCCCCC1NC(=O)C(CCCCCC)NC1=O. The molecule has 1 heterocycles. The molecule has 2 atom stereocenters. The normalized spacial score (nSPS) is 22.5. The number of piperazine rings is 1. The van der Waals surface area contributed by atoms with Crippen molar-refractivity contribution in [3.63, 3.8) is 0 Å². The molecule has 1 aliphatic rings. The van der Waals surface area contributed by atoms with Gasteiger partial charge in [-0.05, 0) is 12.8 Å². The van der Waals surface area contributed by atoms with Gasteiger partial charge in [0.15, 0.2) is 0 Å².